The van der Waals surface area contributed by atoms with E-state index in [1.807, 2.05) is 47.9 Å². The van der Waals surface area contributed by atoms with Gasteiger partial charge in [0.2, 0.25) is 17.7 Å². The number of rotatable bonds is 6. The molecule has 2 aliphatic rings. The monoisotopic (exact) mass is 517 g/mol. The summed E-state index contributed by atoms with van der Waals surface area (Å²) in [6.45, 7) is 8.93. The zero-order valence-electron chi connectivity index (χ0n) is 20.5. The molecule has 6 nitrogen and oxygen atoms in total. The van der Waals surface area contributed by atoms with Gasteiger partial charge >= 0.3 is 0 Å². The molecule has 0 N–H and O–H groups in total. The van der Waals surface area contributed by atoms with Crippen molar-refractivity contribution in [3.63, 3.8) is 0 Å². The molecule has 188 valence electrons. The van der Waals surface area contributed by atoms with E-state index in [0.29, 0.717) is 61.6 Å². The van der Waals surface area contributed by atoms with E-state index in [4.69, 9.17) is 27.9 Å². The summed E-state index contributed by atoms with van der Waals surface area (Å²) < 4.78 is 6.08. The Kier molecular flexibility index (Phi) is 7.92. The number of ether oxygens (including phenoxy) is 1. The van der Waals surface area contributed by atoms with Gasteiger partial charge in [-0.25, -0.2) is 4.98 Å². The second-order valence-corrected chi connectivity index (χ2v) is 11.2. The second kappa shape index (κ2) is 10.8. The smallest absolute Gasteiger partial charge is 0.225 e. The molecule has 4 rings (SSSR count). The van der Waals surface area contributed by atoms with Gasteiger partial charge < -0.3 is 14.5 Å². The lowest BCUT2D eigenvalue weighted by Gasteiger charge is -2.34. The minimum absolute atomic E-state index is 0.0168. The van der Waals surface area contributed by atoms with Gasteiger partial charge in [0.05, 0.1) is 11.6 Å². The molecule has 0 radical (unpaired) electrons. The first kappa shape index (κ1) is 25.8. The quantitative estimate of drug-likeness (QED) is 0.521. The number of hydrogen-bond acceptors (Lipinski definition) is 4. The van der Waals surface area contributed by atoms with Gasteiger partial charge in [0, 0.05) is 66.6 Å². The van der Waals surface area contributed by atoms with Crippen molar-refractivity contribution in [3.8, 4) is 5.88 Å². The third-order valence-corrected chi connectivity index (χ3v) is 7.76. The van der Waals surface area contributed by atoms with Crippen molar-refractivity contribution >= 4 is 35.0 Å². The molecule has 2 amide bonds. The van der Waals surface area contributed by atoms with E-state index in [-0.39, 0.29) is 35.0 Å². The molecule has 0 spiro atoms. The number of aromatic nitrogens is 1. The number of nitrogens with zero attached hydrogens (tertiary/aromatic N) is 3. The number of pyridine rings is 1. The summed E-state index contributed by atoms with van der Waals surface area (Å²) in [5, 5.41) is 1.24. The number of piperidine rings is 1. The van der Waals surface area contributed by atoms with Crippen LogP contribution in [0.3, 0.4) is 0 Å². The van der Waals surface area contributed by atoms with E-state index in [2.05, 4.69) is 11.9 Å². The van der Waals surface area contributed by atoms with E-state index < -0.39 is 0 Å². The number of carbonyl (C=O) groups excluding carboxylic acids is 2. The summed E-state index contributed by atoms with van der Waals surface area (Å²) in [5.41, 5.74) is 0.830. The van der Waals surface area contributed by atoms with Gasteiger partial charge in [-0.2, -0.15) is 0 Å². The van der Waals surface area contributed by atoms with Crippen LogP contribution in [0.2, 0.25) is 10.0 Å². The lowest BCUT2D eigenvalue weighted by molar-refractivity contribution is -0.141. The topological polar surface area (TPSA) is 62.7 Å². The Morgan fingerprint density at radius 1 is 1.06 bits per heavy atom. The maximum absolute atomic E-state index is 13.6. The summed E-state index contributed by atoms with van der Waals surface area (Å²) >= 11 is 12.1. The molecule has 35 heavy (non-hydrogen) atoms. The summed E-state index contributed by atoms with van der Waals surface area (Å²) in [6, 6.07) is 11.4. The lowest BCUT2D eigenvalue weighted by Crippen LogP contribution is -2.45. The van der Waals surface area contributed by atoms with Gasteiger partial charge in [-0.05, 0) is 36.6 Å². The number of halogens is 2. The van der Waals surface area contributed by atoms with Crippen LogP contribution in [0, 0.1) is 17.3 Å². The van der Waals surface area contributed by atoms with E-state index in [0.717, 1.165) is 5.56 Å². The Morgan fingerprint density at radius 2 is 1.71 bits per heavy atom. The van der Waals surface area contributed by atoms with Crippen LogP contribution in [0.4, 0.5) is 0 Å². The fourth-order valence-electron chi connectivity index (χ4n) is 5.23. The maximum Gasteiger partial charge on any atom is 0.225 e. The molecule has 2 saturated heterocycles. The highest BCUT2D eigenvalue weighted by Gasteiger charge is 2.47. The fourth-order valence-corrected chi connectivity index (χ4v) is 5.46. The Morgan fingerprint density at radius 3 is 2.31 bits per heavy atom. The number of likely N-dealkylation sites (tertiary alicyclic amines) is 2. The van der Waals surface area contributed by atoms with Crippen LogP contribution in [0.5, 0.6) is 5.88 Å². The van der Waals surface area contributed by atoms with Crippen LogP contribution in [0.25, 0.3) is 0 Å². The first-order valence-electron chi connectivity index (χ1n) is 12.2. The minimum Gasteiger partial charge on any atom is -0.477 e. The molecule has 1 aromatic heterocycles. The summed E-state index contributed by atoms with van der Waals surface area (Å²) in [5.74, 6) is 0.875. The van der Waals surface area contributed by atoms with Crippen molar-refractivity contribution in [3.05, 3.63) is 58.2 Å². The normalized spacial score (nSPS) is 23.1. The van der Waals surface area contributed by atoms with E-state index in [9.17, 15) is 9.59 Å². The summed E-state index contributed by atoms with van der Waals surface area (Å²) in [7, 11) is 0. The molecule has 8 heteroatoms. The Hall–Kier alpha value is -2.31. The number of benzene rings is 1. The SMILES string of the molecule is CC(C)C(=O)N1CCC(C(=O)N2CC(c3ccc(Cl)cc3)C(C)(COc3ccc(Cl)cn3)C2)CC1. The molecule has 3 heterocycles. The standard InChI is InChI=1S/C27H33Cl2N3O3/c1-18(2)25(33)31-12-10-20(11-13-31)26(34)32-15-23(19-4-6-21(28)7-5-19)27(3,16-32)17-35-24-9-8-22(29)14-30-24/h4-9,14,18,20,23H,10-13,15-17H2,1-3H3. The molecular weight excluding hydrogens is 485 g/mol. The van der Waals surface area contributed by atoms with Gasteiger partial charge in [0.25, 0.3) is 0 Å². The van der Waals surface area contributed by atoms with Gasteiger partial charge in [-0.15, -0.1) is 0 Å². The highest BCUT2D eigenvalue weighted by molar-refractivity contribution is 6.30. The number of hydrogen-bond donors (Lipinski definition) is 0. The Labute approximate surface area is 217 Å². The summed E-state index contributed by atoms with van der Waals surface area (Å²) in [4.78, 5) is 34.1. The third kappa shape index (κ3) is 5.92. The molecule has 2 unspecified atom stereocenters. The van der Waals surface area contributed by atoms with Crippen LogP contribution >= 0.6 is 23.2 Å². The highest BCUT2D eigenvalue weighted by Crippen LogP contribution is 2.44. The zero-order chi connectivity index (χ0) is 25.2. The summed E-state index contributed by atoms with van der Waals surface area (Å²) in [6.07, 6.45) is 2.99. The van der Waals surface area contributed by atoms with Crippen LogP contribution in [0.1, 0.15) is 45.1 Å². The van der Waals surface area contributed by atoms with Crippen molar-refractivity contribution in [2.24, 2.45) is 17.3 Å². The lowest BCUT2D eigenvalue weighted by atomic mass is 9.77. The Bertz CT molecular complexity index is 1040. The average Bonchev–Trinajstić information content (AvgIpc) is 3.21. The predicted molar refractivity (Wildman–Crippen MR) is 138 cm³/mol. The van der Waals surface area contributed by atoms with Crippen molar-refractivity contribution in [2.45, 2.75) is 39.5 Å². The van der Waals surface area contributed by atoms with E-state index in [1.165, 1.54) is 0 Å². The second-order valence-electron chi connectivity index (χ2n) is 10.3. The minimum atomic E-state index is -0.306. The molecule has 2 aromatic rings. The number of amides is 2. The molecule has 1 aromatic carbocycles. The predicted octanol–water partition coefficient (Wildman–Crippen LogP) is 5.29. The van der Waals surface area contributed by atoms with Gasteiger partial charge in [0.1, 0.15) is 0 Å². The molecule has 0 aliphatic carbocycles. The molecular formula is C27H33Cl2N3O3. The van der Waals surface area contributed by atoms with Gasteiger partial charge in [-0.3, -0.25) is 9.59 Å². The van der Waals surface area contributed by atoms with E-state index in [1.54, 1.807) is 18.3 Å². The maximum atomic E-state index is 13.6. The first-order chi connectivity index (χ1) is 16.7. The molecule has 0 saturated carbocycles. The third-order valence-electron chi connectivity index (χ3n) is 7.28. The fraction of sp³-hybridized carbons (Fsp3) is 0.519. The average molecular weight is 518 g/mol. The van der Waals surface area contributed by atoms with Gasteiger partial charge in [-0.1, -0.05) is 56.1 Å². The van der Waals surface area contributed by atoms with E-state index >= 15 is 0 Å². The van der Waals surface area contributed by atoms with Crippen molar-refractivity contribution in [1.29, 1.82) is 0 Å². The van der Waals surface area contributed by atoms with Crippen LogP contribution in [-0.2, 0) is 9.59 Å². The first-order valence-corrected chi connectivity index (χ1v) is 13.0. The molecule has 2 atom stereocenters. The number of carbonyl (C=O) groups is 2. The van der Waals surface area contributed by atoms with Crippen molar-refractivity contribution in [2.75, 3.05) is 32.8 Å². The van der Waals surface area contributed by atoms with Crippen LogP contribution in [-0.4, -0.2) is 59.4 Å². The molecule has 0 bridgehead atoms. The van der Waals surface area contributed by atoms with Crippen molar-refractivity contribution < 1.29 is 14.3 Å². The van der Waals surface area contributed by atoms with Crippen LogP contribution in [0.15, 0.2) is 42.6 Å². The highest BCUT2D eigenvalue weighted by atomic mass is 35.5. The zero-order valence-corrected chi connectivity index (χ0v) is 22.1. The van der Waals surface area contributed by atoms with Crippen LogP contribution < -0.4 is 4.74 Å². The van der Waals surface area contributed by atoms with Gasteiger partial charge in [0.15, 0.2) is 0 Å². The molecule has 2 fully saturated rings. The molecule has 2 aliphatic heterocycles. The Balaban J connectivity index is 1.48. The van der Waals surface area contributed by atoms with Crippen molar-refractivity contribution in [1.82, 2.24) is 14.8 Å². The largest absolute Gasteiger partial charge is 0.477 e.